The monoisotopic (exact) mass is 602 g/mol. The quantitative estimate of drug-likeness (QED) is 0.162. The van der Waals surface area contributed by atoms with Gasteiger partial charge in [0.1, 0.15) is 17.2 Å². The number of rotatable bonds is 11. The largest absolute Gasteiger partial charge is 0.494 e. The topological polar surface area (TPSA) is 86.5 Å². The number of fused-ring (bicyclic) bond motifs is 1. The predicted molar refractivity (Wildman–Crippen MR) is 150 cm³/mol. The molecule has 0 bridgehead atoms. The fraction of sp³-hybridized carbons (Fsp3) is 0.214. The Hall–Kier alpha value is -4.10. The lowest BCUT2D eigenvalue weighted by atomic mass is 10.2. The third kappa shape index (κ3) is 6.63. The van der Waals surface area contributed by atoms with E-state index in [1.165, 1.54) is 52.0 Å². The lowest BCUT2D eigenvalue weighted by Gasteiger charge is -2.22. The first kappa shape index (κ1) is 28.4. The SMILES string of the molecule is CCOc1ccc2nc(N(CCCn3ccnc3)S(=O)(=O)c3ccc(Oc4ccc(C(F)(F)F)cc4)cc3)sc2c1. The Kier molecular flexibility index (Phi) is 8.18. The Morgan fingerprint density at radius 3 is 2.29 bits per heavy atom. The van der Waals surface area contributed by atoms with Gasteiger partial charge < -0.3 is 14.0 Å². The number of thiazole rings is 1. The summed E-state index contributed by atoms with van der Waals surface area (Å²) < 4.78 is 81.4. The van der Waals surface area contributed by atoms with Crippen molar-refractivity contribution in [1.29, 1.82) is 0 Å². The molecule has 0 atom stereocenters. The van der Waals surface area contributed by atoms with E-state index in [0.717, 1.165) is 16.8 Å². The minimum absolute atomic E-state index is 0.0224. The lowest BCUT2D eigenvalue weighted by Crippen LogP contribution is -2.32. The number of aromatic nitrogens is 3. The molecule has 0 aliphatic rings. The Bertz CT molecular complexity index is 1700. The van der Waals surface area contributed by atoms with Gasteiger partial charge in [0.25, 0.3) is 10.0 Å². The molecule has 13 heteroatoms. The second-order valence-corrected chi connectivity index (χ2v) is 11.8. The highest BCUT2D eigenvalue weighted by atomic mass is 32.2. The molecule has 0 fully saturated rings. The highest BCUT2D eigenvalue weighted by molar-refractivity contribution is 7.93. The van der Waals surface area contributed by atoms with Crippen molar-refractivity contribution < 1.29 is 31.1 Å². The van der Waals surface area contributed by atoms with Crippen LogP contribution in [0.4, 0.5) is 18.3 Å². The molecule has 0 aliphatic carbocycles. The molecule has 0 saturated carbocycles. The molecule has 8 nitrogen and oxygen atoms in total. The van der Waals surface area contributed by atoms with Crippen molar-refractivity contribution >= 4 is 36.7 Å². The van der Waals surface area contributed by atoms with Gasteiger partial charge in [-0.2, -0.15) is 13.2 Å². The summed E-state index contributed by atoms with van der Waals surface area (Å²) in [6.45, 7) is 3.12. The molecule has 0 aliphatic heterocycles. The van der Waals surface area contributed by atoms with Crippen LogP contribution in [0.15, 0.2) is 90.3 Å². The third-order valence-electron chi connectivity index (χ3n) is 6.04. The Balaban J connectivity index is 1.39. The van der Waals surface area contributed by atoms with E-state index in [1.807, 2.05) is 17.6 Å². The predicted octanol–water partition coefficient (Wildman–Crippen LogP) is 6.99. The number of alkyl halides is 3. The zero-order chi connectivity index (χ0) is 29.0. The smallest absolute Gasteiger partial charge is 0.416 e. The first-order valence-corrected chi connectivity index (χ1v) is 14.9. The number of imidazole rings is 1. The number of sulfonamides is 1. The van der Waals surface area contributed by atoms with Crippen molar-refractivity contribution in [3.05, 3.63) is 91.0 Å². The van der Waals surface area contributed by atoms with Crippen LogP contribution in [0.1, 0.15) is 18.9 Å². The van der Waals surface area contributed by atoms with Crippen molar-refractivity contribution in [1.82, 2.24) is 14.5 Å². The first-order chi connectivity index (χ1) is 19.6. The van der Waals surface area contributed by atoms with Crippen molar-refractivity contribution in [3.8, 4) is 17.2 Å². The van der Waals surface area contributed by atoms with E-state index in [1.54, 1.807) is 30.9 Å². The zero-order valence-corrected chi connectivity index (χ0v) is 23.4. The number of hydrogen-bond acceptors (Lipinski definition) is 7. The van der Waals surface area contributed by atoms with Crippen LogP contribution < -0.4 is 13.8 Å². The van der Waals surface area contributed by atoms with E-state index in [0.29, 0.717) is 36.0 Å². The van der Waals surface area contributed by atoms with Crippen LogP contribution in [0.2, 0.25) is 0 Å². The maximum Gasteiger partial charge on any atom is 0.416 e. The van der Waals surface area contributed by atoms with Crippen LogP contribution in [0.25, 0.3) is 10.2 Å². The molecule has 0 N–H and O–H groups in total. The van der Waals surface area contributed by atoms with Gasteiger partial charge in [-0.05, 0) is 80.1 Å². The summed E-state index contributed by atoms with van der Waals surface area (Å²) >= 11 is 1.25. The second kappa shape index (κ2) is 11.8. The minimum Gasteiger partial charge on any atom is -0.494 e. The summed E-state index contributed by atoms with van der Waals surface area (Å²) in [6.07, 6.45) is 1.19. The second-order valence-electron chi connectivity index (χ2n) is 8.89. The molecule has 0 unspecified atom stereocenters. The molecule has 3 aromatic carbocycles. The van der Waals surface area contributed by atoms with Crippen molar-refractivity contribution in [2.75, 3.05) is 17.5 Å². The average molecular weight is 603 g/mol. The van der Waals surface area contributed by atoms with Gasteiger partial charge in [0.2, 0.25) is 5.13 Å². The third-order valence-corrected chi connectivity index (χ3v) is 9.00. The van der Waals surface area contributed by atoms with Crippen molar-refractivity contribution in [2.24, 2.45) is 0 Å². The van der Waals surface area contributed by atoms with E-state index < -0.39 is 21.8 Å². The highest BCUT2D eigenvalue weighted by Crippen LogP contribution is 2.35. The fourth-order valence-corrected chi connectivity index (χ4v) is 6.73. The summed E-state index contributed by atoms with van der Waals surface area (Å²) in [4.78, 5) is 8.65. The van der Waals surface area contributed by atoms with Gasteiger partial charge in [-0.15, -0.1) is 0 Å². The number of hydrogen-bond donors (Lipinski definition) is 0. The van der Waals surface area contributed by atoms with E-state index in [4.69, 9.17) is 9.47 Å². The van der Waals surface area contributed by atoms with Gasteiger partial charge in [-0.3, -0.25) is 0 Å². The highest BCUT2D eigenvalue weighted by Gasteiger charge is 2.30. The van der Waals surface area contributed by atoms with E-state index >= 15 is 0 Å². The minimum atomic E-state index is -4.45. The van der Waals surface area contributed by atoms with Crippen molar-refractivity contribution in [2.45, 2.75) is 31.0 Å². The summed E-state index contributed by atoms with van der Waals surface area (Å²) in [6, 6.07) is 15.4. The maximum atomic E-state index is 13.9. The standard InChI is InChI=1S/C28H25F3N4O4S2/c1-2-38-23-10-13-25-26(18-23)40-27(33-25)35(16-3-15-34-17-14-32-19-34)41(36,37)24-11-8-22(9-12-24)39-21-6-4-20(5-7-21)28(29,30)31/h4-14,17-19H,2-3,15-16H2,1H3. The summed E-state index contributed by atoms with van der Waals surface area (Å²) in [5, 5.41) is 0.323. The van der Waals surface area contributed by atoms with Gasteiger partial charge in [0.05, 0.1) is 33.6 Å². The van der Waals surface area contributed by atoms with Gasteiger partial charge >= 0.3 is 6.18 Å². The zero-order valence-electron chi connectivity index (χ0n) is 21.8. The molecule has 0 spiro atoms. The van der Waals surface area contributed by atoms with Crippen LogP contribution in [0, 0.1) is 0 Å². The Morgan fingerprint density at radius 2 is 1.66 bits per heavy atom. The molecule has 214 valence electrons. The molecule has 2 heterocycles. The number of halogens is 3. The molecule has 0 saturated heterocycles. The van der Waals surface area contributed by atoms with E-state index in [2.05, 4.69) is 9.97 Å². The van der Waals surface area contributed by atoms with Gasteiger partial charge in [0, 0.05) is 25.5 Å². The summed E-state index contributed by atoms with van der Waals surface area (Å²) in [5.41, 5.74) is -0.132. The van der Waals surface area contributed by atoms with E-state index in [-0.39, 0.29) is 22.9 Å². The summed E-state index contributed by atoms with van der Waals surface area (Å²) in [5.74, 6) is 1.14. The molecule has 5 rings (SSSR count). The molecule has 0 amide bonds. The maximum absolute atomic E-state index is 13.9. The summed E-state index contributed by atoms with van der Waals surface area (Å²) in [7, 11) is -4.03. The molecule has 2 aromatic heterocycles. The molecule has 0 radical (unpaired) electrons. The van der Waals surface area contributed by atoms with Crippen LogP contribution in [0.5, 0.6) is 17.2 Å². The fourth-order valence-electron chi connectivity index (χ4n) is 4.05. The number of anilines is 1. The first-order valence-electron chi connectivity index (χ1n) is 12.6. The van der Waals surface area contributed by atoms with E-state index in [9.17, 15) is 21.6 Å². The van der Waals surface area contributed by atoms with Crippen LogP contribution in [-0.4, -0.2) is 36.1 Å². The Labute approximate surface area is 238 Å². The molecular formula is C28H25F3N4O4S2. The Morgan fingerprint density at radius 1 is 0.976 bits per heavy atom. The molecule has 5 aromatic rings. The normalized spacial score (nSPS) is 12.0. The average Bonchev–Trinajstić information content (AvgIpc) is 3.61. The van der Waals surface area contributed by atoms with Gasteiger partial charge in [0.15, 0.2) is 0 Å². The number of ether oxygens (including phenoxy) is 2. The molecular weight excluding hydrogens is 577 g/mol. The van der Waals surface area contributed by atoms with Crippen LogP contribution in [0.3, 0.4) is 0 Å². The van der Waals surface area contributed by atoms with Crippen LogP contribution >= 0.6 is 11.3 Å². The number of benzene rings is 3. The number of aryl methyl sites for hydroxylation is 1. The van der Waals surface area contributed by atoms with Gasteiger partial charge in [-0.25, -0.2) is 22.7 Å². The molecule has 41 heavy (non-hydrogen) atoms. The van der Waals surface area contributed by atoms with Crippen LogP contribution in [-0.2, 0) is 22.7 Å². The van der Waals surface area contributed by atoms with Gasteiger partial charge in [-0.1, -0.05) is 11.3 Å². The lowest BCUT2D eigenvalue weighted by molar-refractivity contribution is -0.137. The van der Waals surface area contributed by atoms with Crippen molar-refractivity contribution in [3.63, 3.8) is 0 Å². The number of nitrogens with zero attached hydrogens (tertiary/aromatic N) is 4.